The molecule has 0 aliphatic heterocycles. The van der Waals surface area contributed by atoms with Gasteiger partial charge in [-0.25, -0.2) is 0 Å². The maximum Gasteiger partial charge on any atom is 0.305 e. The van der Waals surface area contributed by atoms with Gasteiger partial charge >= 0.3 is 5.97 Å². The molecule has 3 nitrogen and oxygen atoms in total. The maximum atomic E-state index is 9.96. The SMILES string of the molecule is CCC(=O)OC.O. The number of rotatable bonds is 1. The van der Waals surface area contributed by atoms with Crippen molar-refractivity contribution in [3.8, 4) is 0 Å². The lowest BCUT2D eigenvalue weighted by atomic mass is 10.5. The summed E-state index contributed by atoms with van der Waals surface area (Å²) in [5, 5.41) is 0. The van der Waals surface area contributed by atoms with E-state index in [1.807, 2.05) is 0 Å². The normalized spacial score (nSPS) is 6.57. The Morgan fingerprint density at radius 2 is 2.14 bits per heavy atom. The van der Waals surface area contributed by atoms with Gasteiger partial charge in [0.1, 0.15) is 0 Å². The number of carbonyl (C=O) groups excluding carboxylic acids is 1. The van der Waals surface area contributed by atoms with Gasteiger partial charge in [-0.05, 0) is 0 Å². The molecule has 0 aromatic heterocycles. The first-order valence-electron chi connectivity index (χ1n) is 1.88. The molecule has 0 unspecified atom stereocenters. The predicted molar refractivity (Wildman–Crippen MR) is 25.9 cm³/mol. The Kier molecular flexibility index (Phi) is 7.49. The largest absolute Gasteiger partial charge is 0.469 e. The molecule has 0 saturated heterocycles. The first-order valence-corrected chi connectivity index (χ1v) is 1.88. The number of hydrogen-bond donors (Lipinski definition) is 0. The standard InChI is InChI=1S/C4H8O2.H2O/c1-3-4(5)6-2;/h3H2,1-2H3;1H2. The van der Waals surface area contributed by atoms with Gasteiger partial charge in [0, 0.05) is 6.42 Å². The van der Waals surface area contributed by atoms with Crippen LogP contribution in [0.25, 0.3) is 0 Å². The molecule has 0 atom stereocenters. The molecule has 7 heavy (non-hydrogen) atoms. The van der Waals surface area contributed by atoms with E-state index < -0.39 is 0 Å². The Labute approximate surface area is 42.6 Å². The lowest BCUT2D eigenvalue weighted by Crippen LogP contribution is -1.94. The van der Waals surface area contributed by atoms with Crippen molar-refractivity contribution < 1.29 is 15.0 Å². The minimum Gasteiger partial charge on any atom is -0.469 e. The average molecular weight is 106 g/mol. The van der Waals surface area contributed by atoms with Crippen molar-refractivity contribution in [3.05, 3.63) is 0 Å². The highest BCUT2D eigenvalue weighted by Crippen LogP contribution is 1.76. The van der Waals surface area contributed by atoms with E-state index >= 15 is 0 Å². The summed E-state index contributed by atoms with van der Waals surface area (Å²) in [7, 11) is 1.38. The van der Waals surface area contributed by atoms with Crippen LogP contribution in [-0.4, -0.2) is 18.6 Å². The summed E-state index contributed by atoms with van der Waals surface area (Å²) in [6.07, 6.45) is 0.469. The molecule has 0 rings (SSSR count). The van der Waals surface area contributed by atoms with Crippen molar-refractivity contribution in [2.45, 2.75) is 13.3 Å². The molecule has 44 valence electrons. The fourth-order valence-electron chi connectivity index (χ4n) is 0.144. The van der Waals surface area contributed by atoms with Crippen LogP contribution in [0.4, 0.5) is 0 Å². The Bertz CT molecular complexity index is 44.9. The minimum absolute atomic E-state index is 0. The third-order valence-corrected chi connectivity index (χ3v) is 0.516. The third-order valence-electron chi connectivity index (χ3n) is 0.516. The molecular weight excluding hydrogens is 96.0 g/mol. The molecule has 0 heterocycles. The number of ether oxygens (including phenoxy) is 1. The molecule has 0 aromatic carbocycles. The topological polar surface area (TPSA) is 57.8 Å². The number of hydrogen-bond acceptors (Lipinski definition) is 2. The monoisotopic (exact) mass is 106 g/mol. The molecule has 2 N–H and O–H groups in total. The summed E-state index contributed by atoms with van der Waals surface area (Å²) in [6, 6.07) is 0. The highest BCUT2D eigenvalue weighted by Gasteiger charge is 1.87. The van der Waals surface area contributed by atoms with Crippen LogP contribution in [0.2, 0.25) is 0 Å². The fourth-order valence-corrected chi connectivity index (χ4v) is 0.144. The molecule has 0 spiro atoms. The zero-order valence-corrected chi connectivity index (χ0v) is 4.52. The van der Waals surface area contributed by atoms with Gasteiger partial charge in [0.25, 0.3) is 0 Å². The van der Waals surface area contributed by atoms with Gasteiger partial charge in [-0.3, -0.25) is 4.79 Å². The number of carbonyl (C=O) groups is 1. The van der Waals surface area contributed by atoms with Crippen molar-refractivity contribution >= 4 is 5.97 Å². The van der Waals surface area contributed by atoms with Crippen molar-refractivity contribution in [1.29, 1.82) is 0 Å². The van der Waals surface area contributed by atoms with E-state index in [9.17, 15) is 4.79 Å². The van der Waals surface area contributed by atoms with E-state index in [0.717, 1.165) is 0 Å². The molecule has 0 radical (unpaired) electrons. The molecule has 0 bridgehead atoms. The number of esters is 1. The Balaban J connectivity index is 0. The van der Waals surface area contributed by atoms with E-state index in [2.05, 4.69) is 4.74 Å². The zero-order chi connectivity index (χ0) is 4.99. The molecule has 0 aliphatic carbocycles. The van der Waals surface area contributed by atoms with E-state index in [-0.39, 0.29) is 11.4 Å². The highest BCUT2D eigenvalue weighted by molar-refractivity contribution is 5.68. The van der Waals surface area contributed by atoms with E-state index in [1.54, 1.807) is 6.92 Å². The van der Waals surface area contributed by atoms with Gasteiger partial charge in [0.05, 0.1) is 7.11 Å². The van der Waals surface area contributed by atoms with Crippen molar-refractivity contribution in [2.75, 3.05) is 7.11 Å². The summed E-state index contributed by atoms with van der Waals surface area (Å²) in [4.78, 5) is 9.96. The Morgan fingerprint density at radius 3 is 2.14 bits per heavy atom. The van der Waals surface area contributed by atoms with E-state index in [0.29, 0.717) is 6.42 Å². The zero-order valence-electron chi connectivity index (χ0n) is 4.52. The highest BCUT2D eigenvalue weighted by atomic mass is 16.5. The molecule has 0 saturated carbocycles. The summed E-state index contributed by atoms with van der Waals surface area (Å²) in [5.41, 5.74) is 0. The minimum atomic E-state index is -0.157. The second-order valence-electron chi connectivity index (χ2n) is 0.930. The molecule has 0 amide bonds. The molecule has 3 heteroatoms. The number of methoxy groups -OCH3 is 1. The van der Waals surface area contributed by atoms with Gasteiger partial charge in [-0.1, -0.05) is 6.92 Å². The van der Waals surface area contributed by atoms with Gasteiger partial charge in [-0.2, -0.15) is 0 Å². The van der Waals surface area contributed by atoms with Crippen LogP contribution in [0.1, 0.15) is 13.3 Å². The van der Waals surface area contributed by atoms with Crippen LogP contribution < -0.4 is 0 Å². The van der Waals surface area contributed by atoms with Gasteiger partial charge < -0.3 is 10.2 Å². The average Bonchev–Trinajstić information content (AvgIpc) is 1.65. The summed E-state index contributed by atoms with van der Waals surface area (Å²) >= 11 is 0. The first-order chi connectivity index (χ1) is 2.81. The second-order valence-corrected chi connectivity index (χ2v) is 0.930. The smallest absolute Gasteiger partial charge is 0.305 e. The van der Waals surface area contributed by atoms with Crippen LogP contribution in [-0.2, 0) is 9.53 Å². The van der Waals surface area contributed by atoms with E-state index in [1.165, 1.54) is 7.11 Å². The van der Waals surface area contributed by atoms with Crippen LogP contribution in [0.15, 0.2) is 0 Å². The summed E-state index contributed by atoms with van der Waals surface area (Å²) < 4.78 is 4.26. The van der Waals surface area contributed by atoms with Crippen molar-refractivity contribution in [3.63, 3.8) is 0 Å². The molecule has 0 aromatic rings. The first kappa shape index (κ1) is 9.66. The Morgan fingerprint density at radius 1 is 1.71 bits per heavy atom. The molecule has 0 aliphatic rings. The van der Waals surface area contributed by atoms with Crippen LogP contribution in [0.3, 0.4) is 0 Å². The third kappa shape index (κ3) is 5.43. The lowest BCUT2D eigenvalue weighted by Gasteiger charge is -1.87. The summed E-state index contributed by atoms with van der Waals surface area (Å²) in [5.74, 6) is -0.157. The Hall–Kier alpha value is -0.570. The van der Waals surface area contributed by atoms with Crippen molar-refractivity contribution in [1.82, 2.24) is 0 Å². The van der Waals surface area contributed by atoms with E-state index in [4.69, 9.17) is 0 Å². The fraction of sp³-hybridized carbons (Fsp3) is 0.750. The maximum absolute atomic E-state index is 9.96. The van der Waals surface area contributed by atoms with Gasteiger partial charge in [-0.15, -0.1) is 0 Å². The molecule has 0 fully saturated rings. The van der Waals surface area contributed by atoms with Crippen molar-refractivity contribution in [2.24, 2.45) is 0 Å². The van der Waals surface area contributed by atoms with Crippen LogP contribution in [0.5, 0.6) is 0 Å². The lowest BCUT2D eigenvalue weighted by molar-refractivity contribution is -0.140. The predicted octanol–water partition coefficient (Wildman–Crippen LogP) is -0.255. The van der Waals surface area contributed by atoms with Crippen LogP contribution in [0, 0.1) is 0 Å². The van der Waals surface area contributed by atoms with Gasteiger partial charge in [0.15, 0.2) is 0 Å². The van der Waals surface area contributed by atoms with Gasteiger partial charge in [0.2, 0.25) is 0 Å². The second kappa shape index (κ2) is 5.43. The summed E-state index contributed by atoms with van der Waals surface area (Å²) in [6.45, 7) is 1.76. The quantitative estimate of drug-likeness (QED) is 0.432. The molecular formula is C4H10O3. The van der Waals surface area contributed by atoms with Crippen LogP contribution >= 0.6 is 0 Å².